The third-order valence-electron chi connectivity index (χ3n) is 2.61. The second kappa shape index (κ2) is 5.23. The number of nitrogens with zero attached hydrogens (tertiary/aromatic N) is 4. The average Bonchev–Trinajstić information content (AvgIpc) is 2.70. The van der Waals surface area contributed by atoms with Gasteiger partial charge in [-0.25, -0.2) is 0 Å². The number of hydrogen-bond donors (Lipinski definition) is 1. The molecular weight excluding hydrogens is 226 g/mol. The lowest BCUT2D eigenvalue weighted by Crippen LogP contribution is -2.19. The predicted molar refractivity (Wildman–Crippen MR) is 71.3 cm³/mol. The van der Waals surface area contributed by atoms with E-state index in [-0.39, 0.29) is 0 Å². The van der Waals surface area contributed by atoms with Gasteiger partial charge in [-0.15, -0.1) is 0 Å². The average molecular weight is 241 g/mol. The first-order valence-corrected chi connectivity index (χ1v) is 5.71. The number of hydrogen-bond acceptors (Lipinski definition) is 4. The van der Waals surface area contributed by atoms with Gasteiger partial charge in [-0.1, -0.05) is 18.2 Å². The third kappa shape index (κ3) is 2.43. The molecule has 0 fully saturated rings. The number of nitrogens with two attached hydrogens (primary N) is 1. The minimum absolute atomic E-state index is 0.422. The van der Waals surface area contributed by atoms with Crippen LogP contribution in [0.25, 0.3) is 0 Å². The number of benzene rings is 1. The van der Waals surface area contributed by atoms with Crippen molar-refractivity contribution in [2.75, 3.05) is 17.2 Å². The molecule has 0 bridgehead atoms. The second-order valence-electron chi connectivity index (χ2n) is 3.98. The monoisotopic (exact) mass is 241 g/mol. The van der Waals surface area contributed by atoms with Crippen LogP contribution in [0, 0.1) is 11.3 Å². The molecule has 0 aliphatic heterocycles. The van der Waals surface area contributed by atoms with E-state index in [0.717, 1.165) is 5.69 Å². The zero-order valence-electron chi connectivity index (χ0n) is 10.2. The van der Waals surface area contributed by atoms with E-state index in [1.54, 1.807) is 10.9 Å². The van der Waals surface area contributed by atoms with Gasteiger partial charge in [0, 0.05) is 25.5 Å². The Bertz CT molecular complexity index is 553. The Morgan fingerprint density at radius 3 is 2.67 bits per heavy atom. The molecule has 5 heteroatoms. The number of rotatable bonds is 4. The Hall–Kier alpha value is -2.48. The molecule has 2 aromatic rings. The van der Waals surface area contributed by atoms with Gasteiger partial charge < -0.3 is 10.6 Å². The van der Waals surface area contributed by atoms with Crippen molar-refractivity contribution in [2.24, 2.45) is 7.05 Å². The molecular formula is C13H15N5. The quantitative estimate of drug-likeness (QED) is 0.889. The summed E-state index contributed by atoms with van der Waals surface area (Å²) in [5.74, 6) is 0.693. The normalized spacial score (nSPS) is 10.0. The third-order valence-corrected chi connectivity index (χ3v) is 2.61. The molecule has 1 heterocycles. The molecule has 0 aliphatic rings. The molecule has 0 saturated carbocycles. The minimum Gasteiger partial charge on any atom is -0.394 e. The molecule has 0 radical (unpaired) electrons. The molecule has 0 unspecified atom stereocenters. The van der Waals surface area contributed by atoms with E-state index < -0.39 is 0 Å². The zero-order chi connectivity index (χ0) is 13.0. The van der Waals surface area contributed by atoms with Crippen LogP contribution >= 0.6 is 0 Å². The first-order chi connectivity index (χ1) is 8.72. The van der Waals surface area contributed by atoms with Crippen molar-refractivity contribution >= 4 is 17.2 Å². The summed E-state index contributed by atoms with van der Waals surface area (Å²) in [6.45, 7) is 0.571. The number of anilines is 3. The van der Waals surface area contributed by atoms with Crippen molar-refractivity contribution in [2.45, 2.75) is 6.42 Å². The Labute approximate surface area is 106 Å². The van der Waals surface area contributed by atoms with Crippen LogP contribution in [0.1, 0.15) is 6.42 Å². The number of aryl methyl sites for hydroxylation is 1. The summed E-state index contributed by atoms with van der Waals surface area (Å²) >= 11 is 0. The molecule has 1 aromatic heterocycles. The molecule has 92 valence electrons. The lowest BCUT2D eigenvalue weighted by atomic mass is 10.2. The van der Waals surface area contributed by atoms with E-state index in [0.29, 0.717) is 24.5 Å². The van der Waals surface area contributed by atoms with Gasteiger partial charge >= 0.3 is 0 Å². The summed E-state index contributed by atoms with van der Waals surface area (Å²) in [6, 6.07) is 12.0. The van der Waals surface area contributed by atoms with E-state index in [2.05, 4.69) is 11.2 Å². The molecule has 0 saturated heterocycles. The van der Waals surface area contributed by atoms with Gasteiger partial charge in [-0.3, -0.25) is 4.68 Å². The molecule has 18 heavy (non-hydrogen) atoms. The van der Waals surface area contributed by atoms with Gasteiger partial charge in [0.1, 0.15) is 0 Å². The Balaban J connectivity index is 2.37. The lowest BCUT2D eigenvalue weighted by molar-refractivity contribution is 0.758. The fourth-order valence-electron chi connectivity index (χ4n) is 1.83. The van der Waals surface area contributed by atoms with E-state index in [1.807, 2.05) is 42.3 Å². The van der Waals surface area contributed by atoms with Gasteiger partial charge in [0.2, 0.25) is 0 Å². The summed E-state index contributed by atoms with van der Waals surface area (Å²) in [5.41, 5.74) is 7.54. The first-order valence-electron chi connectivity index (χ1n) is 5.71. The minimum atomic E-state index is 0.422. The summed E-state index contributed by atoms with van der Waals surface area (Å²) in [6.07, 6.45) is 2.18. The van der Waals surface area contributed by atoms with Crippen molar-refractivity contribution in [3.8, 4) is 6.07 Å². The van der Waals surface area contributed by atoms with Gasteiger partial charge in [0.25, 0.3) is 0 Å². The Morgan fingerprint density at radius 2 is 2.11 bits per heavy atom. The molecule has 2 N–H and O–H groups in total. The summed E-state index contributed by atoms with van der Waals surface area (Å²) in [7, 11) is 1.83. The van der Waals surface area contributed by atoms with E-state index in [9.17, 15) is 0 Å². The number of nitriles is 1. The highest BCUT2D eigenvalue weighted by atomic mass is 15.3. The van der Waals surface area contributed by atoms with E-state index >= 15 is 0 Å². The lowest BCUT2D eigenvalue weighted by Gasteiger charge is -2.21. The van der Waals surface area contributed by atoms with Crippen molar-refractivity contribution in [3.05, 3.63) is 36.5 Å². The number of nitrogen functional groups attached to an aromatic ring is 1. The number of aromatic nitrogens is 2. The van der Waals surface area contributed by atoms with Crippen molar-refractivity contribution < 1.29 is 0 Å². The van der Waals surface area contributed by atoms with Crippen molar-refractivity contribution in [3.63, 3.8) is 0 Å². The highest BCUT2D eigenvalue weighted by Gasteiger charge is 2.15. The summed E-state index contributed by atoms with van der Waals surface area (Å²) in [5, 5.41) is 13.1. The maximum absolute atomic E-state index is 8.75. The van der Waals surface area contributed by atoms with Gasteiger partial charge in [0.15, 0.2) is 5.82 Å². The first kappa shape index (κ1) is 12.0. The molecule has 0 atom stereocenters. The summed E-state index contributed by atoms with van der Waals surface area (Å²) < 4.78 is 1.67. The van der Waals surface area contributed by atoms with Crippen LogP contribution in [-0.4, -0.2) is 16.3 Å². The predicted octanol–water partition coefficient (Wildman–Crippen LogP) is 2.05. The summed E-state index contributed by atoms with van der Waals surface area (Å²) in [4.78, 5) is 1.96. The fraction of sp³-hybridized carbons (Fsp3) is 0.231. The van der Waals surface area contributed by atoms with Crippen molar-refractivity contribution in [1.82, 2.24) is 9.78 Å². The highest BCUT2D eigenvalue weighted by Crippen LogP contribution is 2.28. The highest BCUT2D eigenvalue weighted by molar-refractivity contribution is 5.70. The van der Waals surface area contributed by atoms with Crippen LogP contribution in [0.4, 0.5) is 17.2 Å². The second-order valence-corrected chi connectivity index (χ2v) is 3.98. The largest absolute Gasteiger partial charge is 0.394 e. The van der Waals surface area contributed by atoms with E-state index in [4.69, 9.17) is 11.0 Å². The fourth-order valence-corrected chi connectivity index (χ4v) is 1.83. The molecule has 5 nitrogen and oxygen atoms in total. The number of para-hydroxylation sites is 1. The molecule has 2 rings (SSSR count). The Kier molecular flexibility index (Phi) is 3.49. The van der Waals surface area contributed by atoms with Crippen LogP contribution in [0.15, 0.2) is 36.5 Å². The van der Waals surface area contributed by atoms with Crippen LogP contribution in [0.5, 0.6) is 0 Å². The van der Waals surface area contributed by atoms with Crippen LogP contribution in [-0.2, 0) is 7.05 Å². The van der Waals surface area contributed by atoms with Crippen LogP contribution in [0.2, 0.25) is 0 Å². The Morgan fingerprint density at radius 1 is 1.39 bits per heavy atom. The van der Waals surface area contributed by atoms with E-state index in [1.165, 1.54) is 0 Å². The van der Waals surface area contributed by atoms with Crippen molar-refractivity contribution in [1.29, 1.82) is 5.26 Å². The van der Waals surface area contributed by atoms with Crippen LogP contribution < -0.4 is 10.6 Å². The maximum Gasteiger partial charge on any atom is 0.178 e. The zero-order valence-corrected chi connectivity index (χ0v) is 10.2. The van der Waals surface area contributed by atoms with Crippen LogP contribution in [0.3, 0.4) is 0 Å². The van der Waals surface area contributed by atoms with Gasteiger partial charge in [-0.2, -0.15) is 10.4 Å². The molecule has 0 spiro atoms. The standard InChI is InChI=1S/C13H15N5/c1-17-10-12(15)13(16-17)18(9-5-8-14)11-6-3-2-4-7-11/h2-4,6-7,10H,5,9,15H2,1H3. The SMILES string of the molecule is Cn1cc(N)c(N(CCC#N)c2ccccc2)n1. The van der Waals surface area contributed by atoms with Gasteiger partial charge in [-0.05, 0) is 12.1 Å². The topological polar surface area (TPSA) is 70.9 Å². The molecule has 1 aromatic carbocycles. The smallest absolute Gasteiger partial charge is 0.178 e. The molecule has 0 amide bonds. The molecule has 0 aliphatic carbocycles. The van der Waals surface area contributed by atoms with Gasteiger partial charge in [0.05, 0.1) is 18.2 Å². The maximum atomic E-state index is 8.75.